The molecule has 2 N–H and O–H groups in total. The lowest BCUT2D eigenvalue weighted by molar-refractivity contribution is 0.627. The minimum atomic E-state index is -0.404. The Morgan fingerprint density at radius 3 is 2.21 bits per heavy atom. The fraction of sp³-hybridized carbons (Fsp3) is 0.0714. The standard InChI is InChI=1S/C14H12F2N2S/c1-18(11-5-2-9(15)3-6-11)13-7-4-10(16)8-12(13)14(17)19/h2-8H,1H3,(H2,17,19). The number of hydrogen-bond acceptors (Lipinski definition) is 2. The summed E-state index contributed by atoms with van der Waals surface area (Å²) < 4.78 is 26.1. The van der Waals surface area contributed by atoms with Gasteiger partial charge in [-0.2, -0.15) is 0 Å². The molecule has 2 aromatic rings. The van der Waals surface area contributed by atoms with Gasteiger partial charge in [0.1, 0.15) is 16.6 Å². The largest absolute Gasteiger partial charge is 0.389 e. The third-order valence-electron chi connectivity index (χ3n) is 2.80. The van der Waals surface area contributed by atoms with Crippen molar-refractivity contribution in [2.75, 3.05) is 11.9 Å². The van der Waals surface area contributed by atoms with Gasteiger partial charge in [-0.05, 0) is 42.5 Å². The number of anilines is 2. The first-order chi connectivity index (χ1) is 8.99. The summed E-state index contributed by atoms with van der Waals surface area (Å²) in [4.78, 5) is 1.89. The molecular weight excluding hydrogens is 266 g/mol. The molecule has 0 spiro atoms. The molecule has 2 rings (SSSR count). The monoisotopic (exact) mass is 278 g/mol. The predicted molar refractivity (Wildman–Crippen MR) is 76.8 cm³/mol. The molecule has 0 aliphatic carbocycles. The minimum absolute atomic E-state index is 0.114. The molecule has 2 nitrogen and oxygen atoms in total. The van der Waals surface area contributed by atoms with E-state index in [1.807, 2.05) is 0 Å². The molecule has 0 atom stereocenters. The van der Waals surface area contributed by atoms with E-state index in [1.54, 1.807) is 30.1 Å². The van der Waals surface area contributed by atoms with Crippen LogP contribution in [0.4, 0.5) is 20.2 Å². The number of benzene rings is 2. The average Bonchev–Trinajstić information content (AvgIpc) is 2.38. The van der Waals surface area contributed by atoms with Crippen molar-refractivity contribution in [2.45, 2.75) is 0 Å². The maximum Gasteiger partial charge on any atom is 0.124 e. The molecule has 0 amide bonds. The van der Waals surface area contributed by atoms with Crippen LogP contribution in [0.3, 0.4) is 0 Å². The normalized spacial score (nSPS) is 10.3. The fourth-order valence-electron chi connectivity index (χ4n) is 1.80. The third kappa shape index (κ3) is 2.88. The fourth-order valence-corrected chi connectivity index (χ4v) is 1.97. The second-order valence-electron chi connectivity index (χ2n) is 4.06. The highest BCUT2D eigenvalue weighted by atomic mass is 32.1. The highest BCUT2D eigenvalue weighted by Crippen LogP contribution is 2.27. The van der Waals surface area contributed by atoms with E-state index in [4.69, 9.17) is 18.0 Å². The van der Waals surface area contributed by atoms with Gasteiger partial charge in [-0.3, -0.25) is 0 Å². The number of rotatable bonds is 3. The van der Waals surface area contributed by atoms with E-state index in [-0.39, 0.29) is 10.8 Å². The van der Waals surface area contributed by atoms with Crippen LogP contribution in [0, 0.1) is 11.6 Å². The molecule has 2 aromatic carbocycles. The Balaban J connectivity index is 2.46. The van der Waals surface area contributed by atoms with E-state index < -0.39 is 5.82 Å². The van der Waals surface area contributed by atoms with Crippen LogP contribution in [-0.2, 0) is 0 Å². The van der Waals surface area contributed by atoms with Crippen molar-refractivity contribution in [3.63, 3.8) is 0 Å². The van der Waals surface area contributed by atoms with Crippen molar-refractivity contribution in [2.24, 2.45) is 5.73 Å². The highest BCUT2D eigenvalue weighted by Gasteiger charge is 2.12. The summed E-state index contributed by atoms with van der Waals surface area (Å²) in [5, 5.41) is 0. The first kappa shape index (κ1) is 13.4. The second kappa shape index (κ2) is 5.32. The van der Waals surface area contributed by atoms with E-state index in [2.05, 4.69) is 0 Å². The van der Waals surface area contributed by atoms with Crippen molar-refractivity contribution in [1.82, 2.24) is 0 Å². The van der Waals surface area contributed by atoms with Gasteiger partial charge in [-0.25, -0.2) is 8.78 Å². The summed E-state index contributed by atoms with van der Waals surface area (Å²) in [5.74, 6) is -0.718. The molecule has 0 radical (unpaired) electrons. The Morgan fingerprint density at radius 2 is 1.63 bits per heavy atom. The molecule has 19 heavy (non-hydrogen) atoms. The van der Waals surface area contributed by atoms with Gasteiger partial charge in [0.15, 0.2) is 0 Å². The molecule has 5 heteroatoms. The minimum Gasteiger partial charge on any atom is -0.389 e. The van der Waals surface area contributed by atoms with Crippen LogP contribution in [0.1, 0.15) is 5.56 Å². The zero-order valence-electron chi connectivity index (χ0n) is 10.2. The van der Waals surface area contributed by atoms with Gasteiger partial charge in [0.2, 0.25) is 0 Å². The van der Waals surface area contributed by atoms with Crippen molar-refractivity contribution in [1.29, 1.82) is 0 Å². The van der Waals surface area contributed by atoms with Gasteiger partial charge in [0.05, 0.1) is 5.69 Å². The van der Waals surface area contributed by atoms with Gasteiger partial charge in [-0.1, -0.05) is 12.2 Å². The van der Waals surface area contributed by atoms with Crippen LogP contribution in [-0.4, -0.2) is 12.0 Å². The number of halogens is 2. The van der Waals surface area contributed by atoms with Crippen LogP contribution in [0.2, 0.25) is 0 Å². The Kier molecular flexibility index (Phi) is 3.76. The van der Waals surface area contributed by atoms with Gasteiger partial charge in [0, 0.05) is 18.3 Å². The van der Waals surface area contributed by atoms with Crippen LogP contribution in [0.25, 0.3) is 0 Å². The molecule has 0 aliphatic heterocycles. The maximum absolute atomic E-state index is 13.2. The van der Waals surface area contributed by atoms with Crippen molar-refractivity contribution in [3.8, 4) is 0 Å². The van der Waals surface area contributed by atoms with Crippen LogP contribution in [0.15, 0.2) is 42.5 Å². The molecule has 0 unspecified atom stereocenters. The van der Waals surface area contributed by atoms with E-state index in [0.717, 1.165) is 5.69 Å². The summed E-state index contributed by atoms with van der Waals surface area (Å²) >= 11 is 4.92. The molecular formula is C14H12F2N2S. The molecule has 0 saturated heterocycles. The lowest BCUT2D eigenvalue weighted by atomic mass is 10.1. The van der Waals surface area contributed by atoms with Gasteiger partial charge >= 0.3 is 0 Å². The van der Waals surface area contributed by atoms with E-state index in [9.17, 15) is 8.78 Å². The molecule has 0 saturated carbocycles. The SMILES string of the molecule is CN(c1ccc(F)cc1)c1ccc(F)cc1C(N)=S. The number of nitrogens with zero attached hydrogens (tertiary/aromatic N) is 1. The molecule has 0 aliphatic rings. The second-order valence-corrected chi connectivity index (χ2v) is 4.50. The Hall–Kier alpha value is -2.01. The quantitative estimate of drug-likeness (QED) is 0.873. The van der Waals surface area contributed by atoms with Gasteiger partial charge < -0.3 is 10.6 Å². The number of hydrogen-bond donors (Lipinski definition) is 1. The highest BCUT2D eigenvalue weighted by molar-refractivity contribution is 7.80. The summed E-state index contributed by atoms with van der Waals surface area (Å²) in [6.45, 7) is 0. The van der Waals surface area contributed by atoms with Crippen molar-refractivity contribution < 1.29 is 8.78 Å². The molecule has 0 heterocycles. The molecule has 0 fully saturated rings. The van der Waals surface area contributed by atoms with E-state index >= 15 is 0 Å². The van der Waals surface area contributed by atoms with Crippen LogP contribution >= 0.6 is 12.2 Å². The number of nitrogens with two attached hydrogens (primary N) is 1. The summed E-state index contributed by atoms with van der Waals surface area (Å²) in [5.41, 5.74) is 7.47. The Bertz CT molecular complexity index is 611. The van der Waals surface area contributed by atoms with E-state index in [0.29, 0.717) is 11.3 Å². The van der Waals surface area contributed by atoms with Crippen LogP contribution in [0.5, 0.6) is 0 Å². The smallest absolute Gasteiger partial charge is 0.124 e. The van der Waals surface area contributed by atoms with Crippen LogP contribution < -0.4 is 10.6 Å². The third-order valence-corrected chi connectivity index (χ3v) is 3.02. The van der Waals surface area contributed by atoms with Gasteiger partial charge in [0.25, 0.3) is 0 Å². The van der Waals surface area contributed by atoms with Gasteiger partial charge in [-0.15, -0.1) is 0 Å². The molecule has 98 valence electrons. The lowest BCUT2D eigenvalue weighted by Gasteiger charge is -2.22. The zero-order valence-corrected chi connectivity index (χ0v) is 11.0. The lowest BCUT2D eigenvalue weighted by Crippen LogP contribution is -2.18. The first-order valence-electron chi connectivity index (χ1n) is 5.57. The predicted octanol–water partition coefficient (Wildman–Crippen LogP) is 3.37. The van der Waals surface area contributed by atoms with E-state index in [1.165, 1.54) is 24.3 Å². The Morgan fingerprint density at radius 1 is 1.05 bits per heavy atom. The van der Waals surface area contributed by atoms with Crippen molar-refractivity contribution in [3.05, 3.63) is 59.7 Å². The summed E-state index contributed by atoms with van der Waals surface area (Å²) in [7, 11) is 1.78. The Labute approximate surface area is 115 Å². The topological polar surface area (TPSA) is 29.3 Å². The summed E-state index contributed by atoms with van der Waals surface area (Å²) in [6, 6.07) is 10.2. The number of thiocarbonyl (C=S) groups is 1. The van der Waals surface area contributed by atoms with Crippen molar-refractivity contribution >= 4 is 28.6 Å². The zero-order chi connectivity index (χ0) is 14.0. The maximum atomic E-state index is 13.2. The molecule has 0 aromatic heterocycles. The summed E-state index contributed by atoms with van der Waals surface area (Å²) in [6.07, 6.45) is 0. The first-order valence-corrected chi connectivity index (χ1v) is 5.98. The average molecular weight is 278 g/mol. The molecule has 0 bridgehead atoms.